The number of rotatable bonds is 5. The van der Waals surface area contributed by atoms with Crippen molar-refractivity contribution in [3.8, 4) is 0 Å². The number of aliphatic hydroxyl groups is 1. The van der Waals surface area contributed by atoms with Gasteiger partial charge in [-0.05, 0) is 37.8 Å². The predicted octanol–water partition coefficient (Wildman–Crippen LogP) is 3.08. The number of pyridine rings is 1. The third kappa shape index (κ3) is 2.62. The standard InChI is InChI=1S/C16H19NO2/c1-2-19-16(11-7-8-11)15(18)13-9-12-5-3-4-6-14(12)17-10-13/h3-6,9-11,15-16,18H,2,7-8H2,1H3. The summed E-state index contributed by atoms with van der Waals surface area (Å²) in [6, 6.07) is 9.97. The molecule has 0 saturated heterocycles. The smallest absolute Gasteiger partial charge is 0.107 e. The molecule has 3 nitrogen and oxygen atoms in total. The van der Waals surface area contributed by atoms with E-state index < -0.39 is 6.10 Å². The van der Waals surface area contributed by atoms with Crippen LogP contribution in [0.2, 0.25) is 0 Å². The van der Waals surface area contributed by atoms with Crippen molar-refractivity contribution in [3.63, 3.8) is 0 Å². The Morgan fingerprint density at radius 1 is 1.37 bits per heavy atom. The highest BCUT2D eigenvalue weighted by atomic mass is 16.5. The molecule has 19 heavy (non-hydrogen) atoms. The highest BCUT2D eigenvalue weighted by Gasteiger charge is 2.37. The molecule has 1 heterocycles. The van der Waals surface area contributed by atoms with E-state index in [9.17, 15) is 5.11 Å². The zero-order valence-electron chi connectivity index (χ0n) is 11.1. The van der Waals surface area contributed by atoms with Gasteiger partial charge in [-0.1, -0.05) is 18.2 Å². The van der Waals surface area contributed by atoms with E-state index in [2.05, 4.69) is 4.98 Å². The maximum absolute atomic E-state index is 10.5. The highest BCUT2D eigenvalue weighted by molar-refractivity contribution is 5.78. The van der Waals surface area contributed by atoms with Gasteiger partial charge in [-0.15, -0.1) is 0 Å². The second-order valence-corrected chi connectivity index (χ2v) is 5.16. The molecule has 3 heteroatoms. The van der Waals surface area contributed by atoms with Crippen LogP contribution in [-0.4, -0.2) is 22.8 Å². The van der Waals surface area contributed by atoms with E-state index in [0.717, 1.165) is 29.3 Å². The number of hydrogen-bond acceptors (Lipinski definition) is 3. The van der Waals surface area contributed by atoms with Crippen molar-refractivity contribution in [2.24, 2.45) is 5.92 Å². The second kappa shape index (κ2) is 5.27. The van der Waals surface area contributed by atoms with Crippen molar-refractivity contribution in [3.05, 3.63) is 42.1 Å². The Labute approximate surface area is 113 Å². The van der Waals surface area contributed by atoms with E-state index >= 15 is 0 Å². The van der Waals surface area contributed by atoms with Gasteiger partial charge in [0.25, 0.3) is 0 Å². The average Bonchev–Trinajstić information content (AvgIpc) is 3.28. The first kappa shape index (κ1) is 12.6. The van der Waals surface area contributed by atoms with Crippen LogP contribution < -0.4 is 0 Å². The van der Waals surface area contributed by atoms with Gasteiger partial charge in [-0.3, -0.25) is 4.98 Å². The summed E-state index contributed by atoms with van der Waals surface area (Å²) < 4.78 is 5.72. The third-order valence-electron chi connectivity index (χ3n) is 3.71. The summed E-state index contributed by atoms with van der Waals surface area (Å²) in [5.74, 6) is 0.501. The molecule has 2 aromatic rings. The fourth-order valence-corrected chi connectivity index (χ4v) is 2.54. The quantitative estimate of drug-likeness (QED) is 0.895. The number of aliphatic hydroxyl groups excluding tert-OH is 1. The van der Waals surface area contributed by atoms with Crippen molar-refractivity contribution in [1.29, 1.82) is 0 Å². The zero-order valence-corrected chi connectivity index (χ0v) is 11.1. The Morgan fingerprint density at radius 2 is 2.16 bits per heavy atom. The molecular formula is C16H19NO2. The van der Waals surface area contributed by atoms with E-state index in [1.54, 1.807) is 6.20 Å². The van der Waals surface area contributed by atoms with Gasteiger partial charge in [0.2, 0.25) is 0 Å². The summed E-state index contributed by atoms with van der Waals surface area (Å²) in [6.45, 7) is 2.61. The first-order chi connectivity index (χ1) is 9.29. The van der Waals surface area contributed by atoms with E-state index in [4.69, 9.17) is 4.74 Å². The number of ether oxygens (including phenoxy) is 1. The molecule has 0 amide bonds. The number of aromatic nitrogens is 1. The summed E-state index contributed by atoms with van der Waals surface area (Å²) in [6.07, 6.45) is 3.41. The molecule has 1 fully saturated rings. The highest BCUT2D eigenvalue weighted by Crippen LogP contribution is 2.40. The summed E-state index contributed by atoms with van der Waals surface area (Å²) in [7, 11) is 0. The maximum atomic E-state index is 10.5. The minimum absolute atomic E-state index is 0.0898. The third-order valence-corrected chi connectivity index (χ3v) is 3.71. The molecule has 0 spiro atoms. The first-order valence-electron chi connectivity index (χ1n) is 6.94. The molecule has 1 N–H and O–H groups in total. The number of hydrogen-bond donors (Lipinski definition) is 1. The number of nitrogens with zero attached hydrogens (tertiary/aromatic N) is 1. The van der Waals surface area contributed by atoms with E-state index in [-0.39, 0.29) is 6.10 Å². The Bertz CT molecular complexity index is 565. The zero-order chi connectivity index (χ0) is 13.2. The molecule has 1 aromatic heterocycles. The molecule has 100 valence electrons. The van der Waals surface area contributed by atoms with Crippen LogP contribution in [-0.2, 0) is 4.74 Å². The largest absolute Gasteiger partial charge is 0.386 e. The van der Waals surface area contributed by atoms with Crippen molar-refractivity contribution in [1.82, 2.24) is 4.98 Å². The normalized spacial score (nSPS) is 18.4. The lowest BCUT2D eigenvalue weighted by molar-refractivity contribution is -0.0462. The van der Waals surface area contributed by atoms with Gasteiger partial charge in [0.15, 0.2) is 0 Å². The molecule has 0 aliphatic heterocycles. The van der Waals surface area contributed by atoms with Crippen molar-refractivity contribution < 1.29 is 9.84 Å². The molecule has 1 aromatic carbocycles. The van der Waals surface area contributed by atoms with E-state index in [0.29, 0.717) is 12.5 Å². The van der Waals surface area contributed by atoms with Gasteiger partial charge in [-0.25, -0.2) is 0 Å². The molecule has 1 aliphatic carbocycles. The van der Waals surface area contributed by atoms with Gasteiger partial charge in [-0.2, -0.15) is 0 Å². The fraction of sp³-hybridized carbons (Fsp3) is 0.438. The lowest BCUT2D eigenvalue weighted by Gasteiger charge is -2.23. The molecule has 2 unspecified atom stereocenters. The molecule has 0 bridgehead atoms. The summed E-state index contributed by atoms with van der Waals surface area (Å²) in [5, 5.41) is 11.6. The topological polar surface area (TPSA) is 42.4 Å². The van der Waals surface area contributed by atoms with Crippen LogP contribution in [0.1, 0.15) is 31.4 Å². The van der Waals surface area contributed by atoms with Crippen LogP contribution in [0.25, 0.3) is 10.9 Å². The summed E-state index contributed by atoms with van der Waals surface area (Å²) >= 11 is 0. The van der Waals surface area contributed by atoms with Crippen LogP contribution >= 0.6 is 0 Å². The van der Waals surface area contributed by atoms with Gasteiger partial charge >= 0.3 is 0 Å². The Hall–Kier alpha value is -1.45. The Kier molecular flexibility index (Phi) is 3.49. The van der Waals surface area contributed by atoms with Gasteiger partial charge in [0.1, 0.15) is 6.10 Å². The molecule has 2 atom stereocenters. The minimum atomic E-state index is -0.579. The first-order valence-corrected chi connectivity index (χ1v) is 6.94. The second-order valence-electron chi connectivity index (χ2n) is 5.16. The lowest BCUT2D eigenvalue weighted by atomic mass is 10.0. The van der Waals surface area contributed by atoms with Gasteiger partial charge in [0, 0.05) is 23.8 Å². The van der Waals surface area contributed by atoms with Crippen molar-refractivity contribution >= 4 is 10.9 Å². The monoisotopic (exact) mass is 257 g/mol. The Balaban J connectivity index is 1.89. The SMILES string of the molecule is CCOC(C1CC1)C(O)c1cnc2ccccc2c1. The van der Waals surface area contributed by atoms with Crippen molar-refractivity contribution in [2.75, 3.05) is 6.61 Å². The van der Waals surface area contributed by atoms with Crippen LogP contribution in [0.4, 0.5) is 0 Å². The molecule has 3 rings (SSSR count). The van der Waals surface area contributed by atoms with Crippen LogP contribution in [0.5, 0.6) is 0 Å². The number of para-hydroxylation sites is 1. The van der Waals surface area contributed by atoms with E-state index in [1.807, 2.05) is 37.3 Å². The predicted molar refractivity (Wildman–Crippen MR) is 74.8 cm³/mol. The number of benzene rings is 1. The van der Waals surface area contributed by atoms with Crippen molar-refractivity contribution in [2.45, 2.75) is 32.0 Å². The van der Waals surface area contributed by atoms with Crippen LogP contribution in [0.15, 0.2) is 36.5 Å². The molecule has 1 saturated carbocycles. The van der Waals surface area contributed by atoms with E-state index in [1.165, 1.54) is 0 Å². The van der Waals surface area contributed by atoms with Gasteiger partial charge < -0.3 is 9.84 Å². The molecule has 0 radical (unpaired) electrons. The van der Waals surface area contributed by atoms with Crippen LogP contribution in [0, 0.1) is 5.92 Å². The molecular weight excluding hydrogens is 238 g/mol. The molecule has 1 aliphatic rings. The average molecular weight is 257 g/mol. The summed E-state index contributed by atoms with van der Waals surface area (Å²) in [4.78, 5) is 4.41. The fourth-order valence-electron chi connectivity index (χ4n) is 2.54. The number of fused-ring (bicyclic) bond motifs is 1. The van der Waals surface area contributed by atoms with Gasteiger partial charge in [0.05, 0.1) is 11.6 Å². The van der Waals surface area contributed by atoms with Crippen LogP contribution in [0.3, 0.4) is 0 Å². The Morgan fingerprint density at radius 3 is 2.89 bits per heavy atom. The minimum Gasteiger partial charge on any atom is -0.386 e. The summed E-state index contributed by atoms with van der Waals surface area (Å²) in [5.41, 5.74) is 1.81. The lowest BCUT2D eigenvalue weighted by Crippen LogP contribution is -2.24. The maximum Gasteiger partial charge on any atom is 0.107 e.